The molecule has 0 N–H and O–H groups in total. The molecule has 3 nitrogen and oxygen atoms in total. The van der Waals surface area contributed by atoms with Gasteiger partial charge in [0.15, 0.2) is 0 Å². The third kappa shape index (κ3) is 16.8. The Balaban J connectivity index is 4.68. The first-order valence-corrected chi connectivity index (χ1v) is 18.5. The minimum atomic E-state index is 1.34. The lowest BCUT2D eigenvalue weighted by Gasteiger charge is -2.40. The second-order valence-corrected chi connectivity index (χ2v) is 13.5. The summed E-state index contributed by atoms with van der Waals surface area (Å²) in [6.07, 6.45) is 22.3. The van der Waals surface area contributed by atoms with Crippen LogP contribution in [-0.4, -0.2) is 92.0 Å². The van der Waals surface area contributed by atoms with E-state index in [1.54, 1.807) is 0 Å². The van der Waals surface area contributed by atoms with Gasteiger partial charge in [0, 0.05) is 0 Å². The molecule has 0 saturated heterocycles. The summed E-state index contributed by atoms with van der Waals surface area (Å²) >= 11 is 0. The largest absolute Gasteiger partial charge is 0.324 e. The summed E-state index contributed by atoms with van der Waals surface area (Å²) < 4.78 is 4.20. The molecule has 236 valence electrons. The lowest BCUT2D eigenvalue weighted by Crippen LogP contribution is -2.51. The molecule has 0 aromatic heterocycles. The van der Waals surface area contributed by atoms with E-state index in [4.69, 9.17) is 0 Å². The fourth-order valence-electron chi connectivity index (χ4n) is 8.30. The van der Waals surface area contributed by atoms with E-state index in [9.17, 15) is 0 Å². The SMILES string of the molecule is CCC[N+](CCC)(CCC)CCCCCC[N+](CCC)(CCC)CCCCCC[N+](CCC)(CCC)CCC. The Hall–Kier alpha value is -0.120. The molecule has 0 atom stereocenters. The average molecular weight is 555 g/mol. The van der Waals surface area contributed by atoms with E-state index in [1.165, 1.54) is 195 Å². The molecule has 0 rings (SSSR count). The van der Waals surface area contributed by atoms with Gasteiger partial charge in [-0.3, -0.25) is 0 Å². The molecular weight excluding hydrogens is 474 g/mol. The Kier molecular flexibility index (Phi) is 24.4. The standard InChI is InChI=1S/C36H80N3/c1-9-25-37(26-10-2,27-11-3)33-21-17-19-23-35-39(31-15-7,32-16-8)36-24-20-18-22-34-38(28-12-4,29-13-5)30-14-6/h9-36H2,1-8H3/q+3. The molecule has 0 spiro atoms. The zero-order chi connectivity index (χ0) is 29.3. The summed E-state index contributed by atoms with van der Waals surface area (Å²) in [6, 6.07) is 0. The first-order chi connectivity index (χ1) is 18.9. The van der Waals surface area contributed by atoms with Gasteiger partial charge in [-0.05, 0) is 103 Å². The summed E-state index contributed by atoms with van der Waals surface area (Å²) in [4.78, 5) is 0. The van der Waals surface area contributed by atoms with Crippen molar-refractivity contribution in [3.05, 3.63) is 0 Å². The van der Waals surface area contributed by atoms with Crippen LogP contribution < -0.4 is 0 Å². The molecule has 0 radical (unpaired) electrons. The molecule has 0 aliphatic rings. The van der Waals surface area contributed by atoms with Crippen molar-refractivity contribution in [2.45, 2.75) is 158 Å². The van der Waals surface area contributed by atoms with Crippen LogP contribution >= 0.6 is 0 Å². The van der Waals surface area contributed by atoms with Crippen molar-refractivity contribution in [3.63, 3.8) is 0 Å². The van der Waals surface area contributed by atoms with Crippen LogP contribution in [0.4, 0.5) is 0 Å². The van der Waals surface area contributed by atoms with E-state index in [0.717, 1.165) is 0 Å². The van der Waals surface area contributed by atoms with E-state index in [1.807, 2.05) is 0 Å². The van der Waals surface area contributed by atoms with Crippen molar-refractivity contribution < 1.29 is 13.4 Å². The summed E-state index contributed by atoms with van der Waals surface area (Å²) in [6.45, 7) is 36.0. The number of nitrogens with zero attached hydrogens (tertiary/aromatic N) is 3. The summed E-state index contributed by atoms with van der Waals surface area (Å²) in [7, 11) is 0. The van der Waals surface area contributed by atoms with Crippen LogP contribution in [0.3, 0.4) is 0 Å². The number of quaternary nitrogens is 3. The van der Waals surface area contributed by atoms with Crippen LogP contribution in [0.15, 0.2) is 0 Å². The molecular formula is C36H80N3+3. The zero-order valence-electron chi connectivity index (χ0n) is 29.1. The van der Waals surface area contributed by atoms with Crippen molar-refractivity contribution in [3.8, 4) is 0 Å². The van der Waals surface area contributed by atoms with Gasteiger partial charge in [-0.1, -0.05) is 55.4 Å². The van der Waals surface area contributed by atoms with Gasteiger partial charge in [-0.15, -0.1) is 0 Å². The number of unbranched alkanes of at least 4 members (excludes halogenated alkanes) is 6. The van der Waals surface area contributed by atoms with E-state index in [-0.39, 0.29) is 0 Å². The van der Waals surface area contributed by atoms with Crippen LogP contribution in [0.1, 0.15) is 158 Å². The molecule has 0 aliphatic carbocycles. The maximum Gasteiger partial charge on any atom is 0.0786 e. The van der Waals surface area contributed by atoms with Gasteiger partial charge in [-0.25, -0.2) is 0 Å². The molecule has 0 amide bonds. The predicted molar refractivity (Wildman–Crippen MR) is 178 cm³/mol. The van der Waals surface area contributed by atoms with E-state index < -0.39 is 0 Å². The van der Waals surface area contributed by atoms with Crippen molar-refractivity contribution in [1.82, 2.24) is 0 Å². The third-order valence-electron chi connectivity index (χ3n) is 9.61. The highest BCUT2D eigenvalue weighted by molar-refractivity contribution is 4.54. The van der Waals surface area contributed by atoms with Crippen LogP contribution in [-0.2, 0) is 0 Å². The highest BCUT2D eigenvalue weighted by atomic mass is 15.4. The third-order valence-corrected chi connectivity index (χ3v) is 9.61. The van der Waals surface area contributed by atoms with Crippen molar-refractivity contribution >= 4 is 0 Å². The quantitative estimate of drug-likeness (QED) is 0.0612. The van der Waals surface area contributed by atoms with Gasteiger partial charge < -0.3 is 13.4 Å². The molecule has 0 unspecified atom stereocenters. The topological polar surface area (TPSA) is 0 Å². The second-order valence-electron chi connectivity index (χ2n) is 13.5. The summed E-state index contributed by atoms with van der Waals surface area (Å²) in [5.41, 5.74) is 0. The summed E-state index contributed by atoms with van der Waals surface area (Å²) in [5, 5.41) is 0. The second kappa shape index (κ2) is 24.5. The van der Waals surface area contributed by atoms with Crippen LogP contribution in [0.2, 0.25) is 0 Å². The Labute approximate surface area is 249 Å². The van der Waals surface area contributed by atoms with Gasteiger partial charge in [0.2, 0.25) is 0 Å². The minimum absolute atomic E-state index is 1.34. The fourth-order valence-corrected chi connectivity index (χ4v) is 8.30. The highest BCUT2D eigenvalue weighted by Crippen LogP contribution is 2.20. The predicted octanol–water partition coefficient (Wildman–Crippen LogP) is 9.84. The van der Waals surface area contributed by atoms with Crippen LogP contribution in [0.25, 0.3) is 0 Å². The van der Waals surface area contributed by atoms with Gasteiger partial charge in [0.05, 0.1) is 78.5 Å². The molecule has 0 fully saturated rings. The van der Waals surface area contributed by atoms with Crippen molar-refractivity contribution in [1.29, 1.82) is 0 Å². The first kappa shape index (κ1) is 38.9. The molecule has 0 heterocycles. The Morgan fingerprint density at radius 1 is 0.205 bits per heavy atom. The minimum Gasteiger partial charge on any atom is -0.324 e. The number of hydrogen-bond acceptors (Lipinski definition) is 0. The fraction of sp³-hybridized carbons (Fsp3) is 1.00. The van der Waals surface area contributed by atoms with Crippen LogP contribution in [0.5, 0.6) is 0 Å². The Morgan fingerprint density at radius 2 is 0.359 bits per heavy atom. The molecule has 3 heteroatoms. The van der Waals surface area contributed by atoms with E-state index in [0.29, 0.717) is 0 Å². The van der Waals surface area contributed by atoms with Gasteiger partial charge in [0.25, 0.3) is 0 Å². The lowest BCUT2D eigenvalue weighted by molar-refractivity contribution is -0.929. The van der Waals surface area contributed by atoms with Crippen molar-refractivity contribution in [2.24, 2.45) is 0 Å². The average Bonchev–Trinajstić information content (AvgIpc) is 2.89. The highest BCUT2D eigenvalue weighted by Gasteiger charge is 2.27. The van der Waals surface area contributed by atoms with Gasteiger partial charge >= 0.3 is 0 Å². The van der Waals surface area contributed by atoms with Crippen molar-refractivity contribution in [2.75, 3.05) is 78.5 Å². The van der Waals surface area contributed by atoms with Gasteiger partial charge in [0.1, 0.15) is 0 Å². The Morgan fingerprint density at radius 3 is 0.513 bits per heavy atom. The van der Waals surface area contributed by atoms with E-state index >= 15 is 0 Å². The number of hydrogen-bond donors (Lipinski definition) is 0. The molecule has 39 heavy (non-hydrogen) atoms. The zero-order valence-corrected chi connectivity index (χ0v) is 29.1. The maximum atomic E-state index is 2.42. The molecule has 0 bridgehead atoms. The lowest BCUT2D eigenvalue weighted by atomic mass is 10.1. The molecule has 0 saturated carbocycles. The molecule has 0 aromatic rings. The number of rotatable bonds is 30. The van der Waals surface area contributed by atoms with Crippen LogP contribution in [0, 0.1) is 0 Å². The Bertz CT molecular complexity index is 437. The van der Waals surface area contributed by atoms with Gasteiger partial charge in [-0.2, -0.15) is 0 Å². The summed E-state index contributed by atoms with van der Waals surface area (Å²) in [5.74, 6) is 0. The smallest absolute Gasteiger partial charge is 0.0786 e. The monoisotopic (exact) mass is 555 g/mol. The normalized spacial score (nSPS) is 12.9. The molecule has 0 aromatic carbocycles. The maximum absolute atomic E-state index is 2.42. The van der Waals surface area contributed by atoms with E-state index in [2.05, 4.69) is 55.4 Å². The molecule has 0 aliphatic heterocycles. The first-order valence-electron chi connectivity index (χ1n) is 18.5.